The van der Waals surface area contributed by atoms with E-state index in [2.05, 4.69) is 32.7 Å². The number of fused-ring (bicyclic) bond motifs is 1. The highest BCUT2D eigenvalue weighted by molar-refractivity contribution is 7.80. The van der Waals surface area contributed by atoms with E-state index in [1.165, 1.54) is 6.20 Å². The average Bonchev–Trinajstić information content (AvgIpc) is 2.56. The normalized spacial score (nSPS) is 10.5. The average molecular weight is 344 g/mol. The van der Waals surface area contributed by atoms with E-state index in [1.54, 1.807) is 0 Å². The van der Waals surface area contributed by atoms with Crippen LogP contribution in [-0.4, -0.2) is 15.1 Å². The summed E-state index contributed by atoms with van der Waals surface area (Å²) in [4.78, 5) is 8.09. The molecule has 0 aliphatic carbocycles. The van der Waals surface area contributed by atoms with Crippen LogP contribution < -0.4 is 16.4 Å². The minimum atomic E-state index is 0.295. The number of benzene rings is 2. The van der Waals surface area contributed by atoms with E-state index >= 15 is 0 Å². The number of thiocarbonyl (C=S) groups is 1. The van der Waals surface area contributed by atoms with Crippen molar-refractivity contribution in [1.82, 2.24) is 15.3 Å². The van der Waals surface area contributed by atoms with Crippen molar-refractivity contribution < 1.29 is 0 Å². The van der Waals surface area contributed by atoms with Crippen LogP contribution in [0.1, 0.15) is 5.69 Å². The molecule has 2 aromatic carbocycles. The predicted octanol–water partition coefficient (Wildman–Crippen LogP) is 3.35. The number of nitrogens with two attached hydrogens (primary N) is 1. The Morgan fingerprint density at radius 1 is 1.17 bits per heavy atom. The smallest absolute Gasteiger partial charge is 0.171 e. The summed E-state index contributed by atoms with van der Waals surface area (Å²) in [5.41, 5.74) is 7.26. The SMILES string of the molecule is Nc1ncc(Cl)nc1CNC(=S)Nc1cccc2ccccc12. The summed E-state index contributed by atoms with van der Waals surface area (Å²) in [6.45, 7) is 0.343. The molecule has 0 radical (unpaired) electrons. The molecule has 0 aliphatic heterocycles. The van der Waals surface area contributed by atoms with E-state index in [-0.39, 0.29) is 0 Å². The first-order valence-corrected chi connectivity index (χ1v) is 7.71. The van der Waals surface area contributed by atoms with Crippen LogP contribution in [0.5, 0.6) is 0 Å². The third-order valence-corrected chi connectivity index (χ3v) is 3.73. The number of nitrogen functional groups attached to an aromatic ring is 1. The number of hydrogen-bond donors (Lipinski definition) is 3. The van der Waals surface area contributed by atoms with Gasteiger partial charge in [0, 0.05) is 11.1 Å². The van der Waals surface area contributed by atoms with Gasteiger partial charge in [0.25, 0.3) is 0 Å². The van der Waals surface area contributed by atoms with Crippen LogP contribution in [0.15, 0.2) is 48.7 Å². The number of hydrogen-bond acceptors (Lipinski definition) is 4. The predicted molar refractivity (Wildman–Crippen MR) is 98.5 cm³/mol. The van der Waals surface area contributed by atoms with Crippen LogP contribution in [0.3, 0.4) is 0 Å². The lowest BCUT2D eigenvalue weighted by Crippen LogP contribution is -2.28. The van der Waals surface area contributed by atoms with Gasteiger partial charge in [-0.25, -0.2) is 9.97 Å². The lowest BCUT2D eigenvalue weighted by atomic mass is 10.1. The summed E-state index contributed by atoms with van der Waals surface area (Å²) in [6, 6.07) is 14.1. The lowest BCUT2D eigenvalue weighted by molar-refractivity contribution is 0.875. The second kappa shape index (κ2) is 6.76. The monoisotopic (exact) mass is 343 g/mol. The van der Waals surface area contributed by atoms with Crippen LogP contribution in [0.2, 0.25) is 5.15 Å². The van der Waals surface area contributed by atoms with E-state index in [9.17, 15) is 0 Å². The molecule has 3 aromatic rings. The number of nitrogens with one attached hydrogen (secondary N) is 2. The quantitative estimate of drug-likeness (QED) is 0.633. The largest absolute Gasteiger partial charge is 0.382 e. The fraction of sp³-hybridized carbons (Fsp3) is 0.0625. The van der Waals surface area contributed by atoms with E-state index in [0.29, 0.717) is 28.3 Å². The highest BCUT2D eigenvalue weighted by Crippen LogP contribution is 2.22. The Hall–Kier alpha value is -2.44. The Morgan fingerprint density at radius 3 is 2.83 bits per heavy atom. The molecule has 0 bridgehead atoms. The molecule has 0 atom stereocenters. The van der Waals surface area contributed by atoms with Gasteiger partial charge < -0.3 is 16.4 Å². The molecular weight excluding hydrogens is 330 g/mol. The molecule has 0 fully saturated rings. The highest BCUT2D eigenvalue weighted by atomic mass is 35.5. The van der Waals surface area contributed by atoms with E-state index < -0.39 is 0 Å². The van der Waals surface area contributed by atoms with Crippen molar-refractivity contribution >= 4 is 51.2 Å². The van der Waals surface area contributed by atoms with Gasteiger partial charge in [-0.15, -0.1) is 0 Å². The maximum atomic E-state index is 5.82. The summed E-state index contributed by atoms with van der Waals surface area (Å²) >= 11 is 11.2. The summed E-state index contributed by atoms with van der Waals surface area (Å²) in [7, 11) is 0. The molecule has 4 N–H and O–H groups in total. The molecule has 5 nitrogen and oxygen atoms in total. The van der Waals surface area contributed by atoms with E-state index in [1.807, 2.05) is 30.3 Å². The van der Waals surface area contributed by atoms with Crippen LogP contribution in [0.25, 0.3) is 10.8 Å². The topological polar surface area (TPSA) is 75.9 Å². The Labute approximate surface area is 143 Å². The van der Waals surface area contributed by atoms with Gasteiger partial charge in [-0.05, 0) is 23.7 Å². The number of anilines is 2. The van der Waals surface area contributed by atoms with Crippen LogP contribution >= 0.6 is 23.8 Å². The molecule has 3 rings (SSSR count). The van der Waals surface area contributed by atoms with Crippen molar-refractivity contribution in [2.24, 2.45) is 0 Å². The van der Waals surface area contributed by atoms with Gasteiger partial charge in [-0.2, -0.15) is 0 Å². The first kappa shape index (κ1) is 15.5. The molecule has 0 spiro atoms. The molecule has 1 heterocycles. The lowest BCUT2D eigenvalue weighted by Gasteiger charge is -2.13. The Kier molecular flexibility index (Phi) is 4.55. The van der Waals surface area contributed by atoms with E-state index in [4.69, 9.17) is 29.6 Å². The van der Waals surface area contributed by atoms with Crippen molar-refractivity contribution in [2.75, 3.05) is 11.1 Å². The molecule has 7 heteroatoms. The van der Waals surface area contributed by atoms with Crippen molar-refractivity contribution in [3.63, 3.8) is 0 Å². The van der Waals surface area contributed by atoms with Gasteiger partial charge in [-0.1, -0.05) is 48.0 Å². The van der Waals surface area contributed by atoms with Gasteiger partial charge in [-0.3, -0.25) is 0 Å². The molecule has 23 heavy (non-hydrogen) atoms. The maximum absolute atomic E-state index is 5.82. The van der Waals surface area contributed by atoms with Crippen molar-refractivity contribution in [2.45, 2.75) is 6.54 Å². The first-order valence-electron chi connectivity index (χ1n) is 6.93. The molecule has 0 unspecified atom stereocenters. The van der Waals surface area contributed by atoms with Crippen LogP contribution in [0.4, 0.5) is 11.5 Å². The van der Waals surface area contributed by atoms with Gasteiger partial charge in [0.05, 0.1) is 12.7 Å². The fourth-order valence-corrected chi connectivity index (χ4v) is 2.54. The molecule has 0 saturated heterocycles. The van der Waals surface area contributed by atoms with Crippen molar-refractivity contribution in [3.8, 4) is 0 Å². The summed E-state index contributed by atoms with van der Waals surface area (Å²) in [6.07, 6.45) is 1.41. The summed E-state index contributed by atoms with van der Waals surface area (Å²) in [5, 5.41) is 9.26. The zero-order valence-corrected chi connectivity index (χ0v) is 13.7. The third kappa shape index (κ3) is 3.67. The van der Waals surface area contributed by atoms with Gasteiger partial charge in [0.2, 0.25) is 0 Å². The summed E-state index contributed by atoms with van der Waals surface area (Å²) in [5.74, 6) is 0.329. The number of halogens is 1. The van der Waals surface area contributed by atoms with Crippen molar-refractivity contribution in [1.29, 1.82) is 0 Å². The van der Waals surface area contributed by atoms with Gasteiger partial charge in [0.1, 0.15) is 16.7 Å². The summed E-state index contributed by atoms with van der Waals surface area (Å²) < 4.78 is 0. The van der Waals surface area contributed by atoms with E-state index in [0.717, 1.165) is 16.5 Å². The van der Waals surface area contributed by atoms with Crippen LogP contribution in [-0.2, 0) is 6.54 Å². The molecule has 116 valence electrons. The second-order valence-electron chi connectivity index (χ2n) is 4.86. The first-order chi connectivity index (χ1) is 11.1. The minimum absolute atomic E-state index is 0.295. The van der Waals surface area contributed by atoms with Crippen molar-refractivity contribution in [3.05, 3.63) is 59.5 Å². The number of rotatable bonds is 3. The molecular formula is C16H14ClN5S. The standard InChI is InChI=1S/C16H14ClN5S/c17-14-9-19-15(18)13(21-14)8-20-16(23)22-12-7-3-5-10-4-1-2-6-11(10)12/h1-7,9H,8H2,(H2,18,19)(H2,20,22,23). The Morgan fingerprint density at radius 2 is 1.96 bits per heavy atom. The Balaban J connectivity index is 1.70. The Bertz CT molecular complexity index is 863. The molecule has 1 aromatic heterocycles. The molecule has 0 amide bonds. The minimum Gasteiger partial charge on any atom is -0.382 e. The number of nitrogens with zero attached hydrogens (tertiary/aromatic N) is 2. The zero-order valence-electron chi connectivity index (χ0n) is 12.1. The fourth-order valence-electron chi connectivity index (χ4n) is 2.21. The maximum Gasteiger partial charge on any atom is 0.171 e. The second-order valence-corrected chi connectivity index (χ2v) is 5.65. The third-order valence-electron chi connectivity index (χ3n) is 3.30. The van der Waals surface area contributed by atoms with Gasteiger partial charge >= 0.3 is 0 Å². The number of aromatic nitrogens is 2. The highest BCUT2D eigenvalue weighted by Gasteiger charge is 2.06. The van der Waals surface area contributed by atoms with Gasteiger partial charge in [0.15, 0.2) is 5.11 Å². The zero-order chi connectivity index (χ0) is 16.2. The molecule has 0 aliphatic rings. The van der Waals surface area contributed by atoms with Crippen LogP contribution in [0, 0.1) is 0 Å². The molecule has 0 saturated carbocycles.